The Hall–Kier alpha value is -4.92. The summed E-state index contributed by atoms with van der Waals surface area (Å²) < 4.78 is 0. The molecule has 1 aromatic heterocycles. The first kappa shape index (κ1) is 31.5. The van der Waals surface area contributed by atoms with Crippen molar-refractivity contribution in [3.8, 4) is 10.4 Å². The molecule has 1 aliphatic rings. The molecule has 4 aromatic rings. The van der Waals surface area contributed by atoms with Crippen molar-refractivity contribution in [2.75, 3.05) is 5.32 Å². The van der Waals surface area contributed by atoms with E-state index in [0.717, 1.165) is 18.5 Å². The molecule has 224 valence electrons. The van der Waals surface area contributed by atoms with Gasteiger partial charge in [0.1, 0.15) is 0 Å². The summed E-state index contributed by atoms with van der Waals surface area (Å²) in [5.41, 5.74) is 12.2. The molecule has 2 heteroatoms. The lowest BCUT2D eigenvalue weighted by atomic mass is 9.98. The highest BCUT2D eigenvalue weighted by Gasteiger charge is 2.11. The molecule has 0 bridgehead atoms. The molecule has 0 saturated heterocycles. The van der Waals surface area contributed by atoms with E-state index in [1.807, 2.05) is 23.6 Å². The fraction of sp³-hybridized carbons (Fsp3) is 0.116. The van der Waals surface area contributed by atoms with Crippen LogP contribution in [0.2, 0.25) is 0 Å². The number of rotatable bonds is 11. The molecule has 3 aromatic carbocycles. The zero-order valence-electron chi connectivity index (χ0n) is 26.5. The largest absolute Gasteiger partial charge is 0.362 e. The Kier molecular flexibility index (Phi) is 11.0. The van der Waals surface area contributed by atoms with Gasteiger partial charge in [0.15, 0.2) is 0 Å². The average Bonchev–Trinajstić information content (AvgIpc) is 3.47. The highest BCUT2D eigenvalue weighted by atomic mass is 32.1. The Morgan fingerprint density at radius 1 is 0.844 bits per heavy atom. The lowest BCUT2D eigenvalue weighted by Gasteiger charge is -2.07. The van der Waals surface area contributed by atoms with Crippen molar-refractivity contribution in [3.63, 3.8) is 0 Å². The van der Waals surface area contributed by atoms with Crippen LogP contribution in [0.25, 0.3) is 33.2 Å². The van der Waals surface area contributed by atoms with Crippen molar-refractivity contribution in [1.82, 2.24) is 0 Å². The van der Waals surface area contributed by atoms with Gasteiger partial charge in [0, 0.05) is 21.6 Å². The molecule has 0 radical (unpaired) electrons. The van der Waals surface area contributed by atoms with Crippen LogP contribution in [-0.4, -0.2) is 0 Å². The maximum absolute atomic E-state index is 3.77. The molecule has 1 aliphatic carbocycles. The number of hydrogen-bond donors (Lipinski definition) is 1. The molecule has 0 spiro atoms. The Morgan fingerprint density at radius 3 is 2.36 bits per heavy atom. The van der Waals surface area contributed by atoms with E-state index in [4.69, 9.17) is 0 Å². The Labute approximate surface area is 273 Å². The lowest BCUT2D eigenvalue weighted by molar-refractivity contribution is 1.04. The van der Waals surface area contributed by atoms with Crippen LogP contribution < -0.4 is 5.32 Å². The van der Waals surface area contributed by atoms with Crippen LogP contribution in [0.3, 0.4) is 0 Å². The summed E-state index contributed by atoms with van der Waals surface area (Å²) in [6.07, 6.45) is 27.7. The van der Waals surface area contributed by atoms with Gasteiger partial charge in [-0.05, 0) is 108 Å². The zero-order chi connectivity index (χ0) is 31.4. The van der Waals surface area contributed by atoms with Crippen LogP contribution in [0.1, 0.15) is 52.5 Å². The van der Waals surface area contributed by atoms with E-state index in [9.17, 15) is 0 Å². The second-order valence-electron chi connectivity index (χ2n) is 11.1. The van der Waals surface area contributed by atoms with Gasteiger partial charge >= 0.3 is 0 Å². The number of thiophene rings is 1. The third kappa shape index (κ3) is 8.38. The summed E-state index contributed by atoms with van der Waals surface area (Å²) in [6, 6.07) is 28.3. The molecule has 0 atom stereocenters. The SMILES string of the molecule is C=C/C=C\C(=C/C)c1ccc(N/C=C/C=C(\C=C/c2ccc(C3=CCCC=C3)cc2)c2cc(C)c(-c3ccccc3C)s2)cc1. The number of hydrogen-bond acceptors (Lipinski definition) is 2. The predicted molar refractivity (Wildman–Crippen MR) is 201 cm³/mol. The van der Waals surface area contributed by atoms with Crippen LogP contribution in [0.4, 0.5) is 5.69 Å². The highest BCUT2D eigenvalue weighted by Crippen LogP contribution is 2.38. The quantitative estimate of drug-likeness (QED) is 0.168. The Bertz CT molecular complexity index is 1830. The first-order chi connectivity index (χ1) is 22.1. The van der Waals surface area contributed by atoms with E-state index in [2.05, 4.69) is 166 Å². The van der Waals surface area contributed by atoms with Gasteiger partial charge in [-0.2, -0.15) is 0 Å². The van der Waals surface area contributed by atoms with Crippen molar-refractivity contribution in [2.45, 2.75) is 33.6 Å². The van der Waals surface area contributed by atoms with Crippen molar-refractivity contribution < 1.29 is 0 Å². The number of benzene rings is 3. The third-order valence-electron chi connectivity index (χ3n) is 7.85. The standard InChI is InChI=1S/C43H41NS/c1-5-7-15-35(6-2)37-26-28-40(29-27-37)44-30-13-18-39(42-31-33(4)43(45-42)41-19-12-11-14-32(41)3)25-22-34-20-23-38(24-21-34)36-16-9-8-10-17-36/h5-7,9,11-31,44H,1,8,10H2,2-4H3/b15-7-,25-22-,30-13+,35-6+,39-18+. The minimum Gasteiger partial charge on any atom is -0.362 e. The lowest BCUT2D eigenvalue weighted by Crippen LogP contribution is -1.88. The Morgan fingerprint density at radius 2 is 1.64 bits per heavy atom. The molecule has 1 nitrogen and oxygen atoms in total. The zero-order valence-corrected chi connectivity index (χ0v) is 27.3. The summed E-state index contributed by atoms with van der Waals surface area (Å²) in [5, 5.41) is 3.43. The Balaban J connectivity index is 1.38. The minimum atomic E-state index is 1.04. The van der Waals surface area contributed by atoms with E-state index < -0.39 is 0 Å². The number of nitrogens with one attached hydrogen (secondary N) is 1. The molecular weight excluding hydrogens is 563 g/mol. The molecule has 0 fully saturated rings. The van der Waals surface area contributed by atoms with Gasteiger partial charge in [0.25, 0.3) is 0 Å². The van der Waals surface area contributed by atoms with E-state index in [-0.39, 0.29) is 0 Å². The average molecular weight is 604 g/mol. The second kappa shape index (κ2) is 15.7. The number of allylic oxidation sites excluding steroid dienone is 13. The molecule has 1 heterocycles. The first-order valence-electron chi connectivity index (χ1n) is 15.6. The summed E-state index contributed by atoms with van der Waals surface area (Å²) in [6.45, 7) is 10.2. The van der Waals surface area contributed by atoms with Gasteiger partial charge in [-0.15, -0.1) is 11.3 Å². The molecule has 1 N–H and O–H groups in total. The normalized spacial score (nSPS) is 14.1. The highest BCUT2D eigenvalue weighted by molar-refractivity contribution is 7.16. The van der Waals surface area contributed by atoms with Crippen LogP contribution in [0.15, 0.2) is 152 Å². The first-order valence-corrected chi connectivity index (χ1v) is 16.4. The van der Waals surface area contributed by atoms with Gasteiger partial charge in [0.2, 0.25) is 0 Å². The van der Waals surface area contributed by atoms with Gasteiger partial charge in [0.05, 0.1) is 0 Å². The molecule has 45 heavy (non-hydrogen) atoms. The van der Waals surface area contributed by atoms with Gasteiger partial charge in [-0.3, -0.25) is 0 Å². The van der Waals surface area contributed by atoms with Crippen molar-refractivity contribution in [3.05, 3.63) is 185 Å². The van der Waals surface area contributed by atoms with Crippen molar-refractivity contribution >= 4 is 39.8 Å². The molecule has 0 aliphatic heterocycles. The van der Waals surface area contributed by atoms with E-state index in [1.54, 1.807) is 6.08 Å². The van der Waals surface area contributed by atoms with Crippen molar-refractivity contribution in [1.29, 1.82) is 0 Å². The van der Waals surface area contributed by atoms with Crippen LogP contribution in [-0.2, 0) is 0 Å². The third-order valence-corrected chi connectivity index (χ3v) is 9.17. The molecule has 0 saturated carbocycles. The smallest absolute Gasteiger partial charge is 0.0381 e. The summed E-state index contributed by atoms with van der Waals surface area (Å²) in [5.74, 6) is 0. The van der Waals surface area contributed by atoms with Gasteiger partial charge < -0.3 is 5.32 Å². The van der Waals surface area contributed by atoms with E-state index >= 15 is 0 Å². The van der Waals surface area contributed by atoms with Gasteiger partial charge in [-0.1, -0.05) is 128 Å². The summed E-state index contributed by atoms with van der Waals surface area (Å²) in [7, 11) is 0. The summed E-state index contributed by atoms with van der Waals surface area (Å²) in [4.78, 5) is 2.57. The van der Waals surface area contributed by atoms with Crippen LogP contribution in [0.5, 0.6) is 0 Å². The van der Waals surface area contributed by atoms with E-state index in [1.165, 1.54) is 59.9 Å². The van der Waals surface area contributed by atoms with Crippen molar-refractivity contribution in [2.24, 2.45) is 0 Å². The molecule has 5 rings (SSSR count). The predicted octanol–water partition coefficient (Wildman–Crippen LogP) is 12.6. The molecule has 0 amide bonds. The summed E-state index contributed by atoms with van der Waals surface area (Å²) >= 11 is 1.85. The number of anilines is 1. The monoisotopic (exact) mass is 603 g/mol. The topological polar surface area (TPSA) is 12.0 Å². The minimum absolute atomic E-state index is 1.04. The number of aryl methyl sites for hydroxylation is 2. The van der Waals surface area contributed by atoms with Crippen LogP contribution >= 0.6 is 11.3 Å². The maximum atomic E-state index is 3.77. The second-order valence-corrected chi connectivity index (χ2v) is 12.1. The maximum Gasteiger partial charge on any atom is 0.0381 e. The fourth-order valence-corrected chi connectivity index (χ4v) is 6.59. The molecular formula is C43H41NS. The van der Waals surface area contributed by atoms with Crippen LogP contribution in [0, 0.1) is 13.8 Å². The fourth-order valence-electron chi connectivity index (χ4n) is 5.33. The molecule has 0 unspecified atom stereocenters. The van der Waals surface area contributed by atoms with E-state index in [0.29, 0.717) is 0 Å². The van der Waals surface area contributed by atoms with Gasteiger partial charge in [-0.25, -0.2) is 0 Å².